The van der Waals surface area contributed by atoms with Crippen LogP contribution in [-0.4, -0.2) is 67.7 Å². The number of halogens is 3. The first-order valence-corrected chi connectivity index (χ1v) is 8.91. The van der Waals surface area contributed by atoms with E-state index in [1.54, 1.807) is 4.90 Å². The molecule has 2 aromatic heterocycles. The van der Waals surface area contributed by atoms with E-state index < -0.39 is 29.5 Å². The fourth-order valence-electron chi connectivity index (χ4n) is 4.59. The Morgan fingerprint density at radius 1 is 1.32 bits per heavy atom. The van der Waals surface area contributed by atoms with E-state index in [-0.39, 0.29) is 29.4 Å². The summed E-state index contributed by atoms with van der Waals surface area (Å²) in [6.45, 7) is 2.70. The summed E-state index contributed by atoms with van der Waals surface area (Å²) in [5.74, 6) is -0.602. The standard InChI is InChI=1S/C17H16F3N5O3/c1-9-6-12(17(18,19)20)25-13(21-9)7-10(22-25)15(27)23-3-2-16-11(23)8-14(26)24(16)4-5-28-16/h6-7,11H,2-5,8H2,1H3/t11-,16+/m1/s1. The van der Waals surface area contributed by atoms with Crippen molar-refractivity contribution in [1.29, 1.82) is 0 Å². The molecule has 3 fully saturated rings. The first kappa shape index (κ1) is 17.4. The van der Waals surface area contributed by atoms with Gasteiger partial charge in [0, 0.05) is 31.3 Å². The van der Waals surface area contributed by atoms with Crippen LogP contribution in [0.3, 0.4) is 0 Å². The van der Waals surface area contributed by atoms with E-state index in [9.17, 15) is 22.8 Å². The van der Waals surface area contributed by atoms with Gasteiger partial charge in [-0.25, -0.2) is 9.50 Å². The highest BCUT2D eigenvalue weighted by Gasteiger charge is 2.63. The minimum absolute atomic E-state index is 0.0502. The summed E-state index contributed by atoms with van der Waals surface area (Å²) in [7, 11) is 0. The highest BCUT2D eigenvalue weighted by atomic mass is 19.4. The molecule has 2 amide bonds. The van der Waals surface area contributed by atoms with E-state index in [1.807, 2.05) is 0 Å². The van der Waals surface area contributed by atoms with Gasteiger partial charge in [0.2, 0.25) is 5.91 Å². The van der Waals surface area contributed by atoms with E-state index in [1.165, 1.54) is 17.9 Å². The molecule has 8 nitrogen and oxygen atoms in total. The molecule has 11 heteroatoms. The number of aromatic nitrogens is 3. The van der Waals surface area contributed by atoms with Gasteiger partial charge in [-0.1, -0.05) is 0 Å². The zero-order valence-corrected chi connectivity index (χ0v) is 14.9. The molecule has 3 aliphatic rings. The maximum atomic E-state index is 13.3. The van der Waals surface area contributed by atoms with E-state index >= 15 is 0 Å². The molecule has 2 aromatic rings. The lowest BCUT2D eigenvalue weighted by Crippen LogP contribution is -2.48. The highest BCUT2D eigenvalue weighted by molar-refractivity contribution is 5.95. The number of carbonyl (C=O) groups excluding carboxylic acids is 2. The molecule has 0 aromatic carbocycles. The third kappa shape index (κ3) is 2.22. The third-order valence-electron chi connectivity index (χ3n) is 5.73. The maximum Gasteiger partial charge on any atom is 0.433 e. The van der Waals surface area contributed by atoms with Gasteiger partial charge in [-0.3, -0.25) is 9.59 Å². The van der Waals surface area contributed by atoms with Crippen LogP contribution in [0.25, 0.3) is 5.65 Å². The van der Waals surface area contributed by atoms with Crippen LogP contribution in [0.15, 0.2) is 12.1 Å². The van der Waals surface area contributed by atoms with Gasteiger partial charge in [0.25, 0.3) is 5.91 Å². The molecule has 0 bridgehead atoms. The van der Waals surface area contributed by atoms with Crippen LogP contribution in [0, 0.1) is 6.92 Å². The average Bonchev–Trinajstić information content (AvgIpc) is 3.34. The fraction of sp³-hybridized carbons (Fsp3) is 0.529. The van der Waals surface area contributed by atoms with Gasteiger partial charge in [0.15, 0.2) is 17.1 Å². The van der Waals surface area contributed by atoms with Crippen LogP contribution < -0.4 is 0 Å². The van der Waals surface area contributed by atoms with Gasteiger partial charge in [-0.15, -0.1) is 0 Å². The first-order valence-electron chi connectivity index (χ1n) is 8.91. The second-order valence-electron chi connectivity index (χ2n) is 7.29. The Morgan fingerprint density at radius 2 is 2.11 bits per heavy atom. The van der Waals surface area contributed by atoms with Crippen molar-refractivity contribution in [3.05, 3.63) is 29.2 Å². The maximum absolute atomic E-state index is 13.3. The summed E-state index contributed by atoms with van der Waals surface area (Å²) < 4.78 is 46.5. The number of amides is 2. The Morgan fingerprint density at radius 3 is 2.86 bits per heavy atom. The predicted molar refractivity (Wildman–Crippen MR) is 87.2 cm³/mol. The highest BCUT2D eigenvalue weighted by Crippen LogP contribution is 2.45. The van der Waals surface area contributed by atoms with E-state index in [2.05, 4.69) is 10.1 Å². The van der Waals surface area contributed by atoms with Crippen molar-refractivity contribution in [2.45, 2.75) is 37.7 Å². The molecule has 0 radical (unpaired) electrons. The van der Waals surface area contributed by atoms with E-state index in [0.29, 0.717) is 30.6 Å². The Balaban J connectivity index is 1.53. The third-order valence-corrected chi connectivity index (χ3v) is 5.73. The lowest BCUT2D eigenvalue weighted by Gasteiger charge is -2.31. The number of hydrogen-bond donors (Lipinski definition) is 0. The van der Waals surface area contributed by atoms with Crippen molar-refractivity contribution in [3.8, 4) is 0 Å². The van der Waals surface area contributed by atoms with Gasteiger partial charge in [-0.2, -0.15) is 18.3 Å². The summed E-state index contributed by atoms with van der Waals surface area (Å²) in [5, 5.41) is 3.88. The van der Waals surface area contributed by atoms with Gasteiger partial charge in [0.1, 0.15) is 5.69 Å². The SMILES string of the molecule is Cc1cc(C(F)(F)F)n2nc(C(=O)N3CC[C@@]45OCCN4C(=O)C[C@@H]35)cc2n1. The topological polar surface area (TPSA) is 80.0 Å². The number of rotatable bonds is 1. The fourth-order valence-corrected chi connectivity index (χ4v) is 4.59. The van der Waals surface area contributed by atoms with Crippen LogP contribution in [0.1, 0.15) is 34.7 Å². The van der Waals surface area contributed by atoms with E-state index in [0.717, 1.165) is 6.07 Å². The molecule has 5 heterocycles. The normalized spacial score (nSPS) is 27.0. The Bertz CT molecular complexity index is 1020. The monoisotopic (exact) mass is 395 g/mol. The lowest BCUT2D eigenvalue weighted by molar-refractivity contribution is -0.142. The molecular weight excluding hydrogens is 379 g/mol. The number of hydrogen-bond acceptors (Lipinski definition) is 5. The van der Waals surface area contributed by atoms with Crippen molar-refractivity contribution in [2.24, 2.45) is 0 Å². The number of alkyl halides is 3. The van der Waals surface area contributed by atoms with Crippen LogP contribution in [-0.2, 0) is 15.7 Å². The molecule has 5 rings (SSSR count). The van der Waals surface area contributed by atoms with Gasteiger partial charge >= 0.3 is 6.18 Å². The second-order valence-corrected chi connectivity index (χ2v) is 7.29. The predicted octanol–water partition coefficient (Wildman–Crippen LogP) is 1.23. The molecular formula is C17H16F3N5O3. The van der Waals surface area contributed by atoms with Crippen molar-refractivity contribution in [3.63, 3.8) is 0 Å². The van der Waals surface area contributed by atoms with Crippen molar-refractivity contribution >= 4 is 17.5 Å². The van der Waals surface area contributed by atoms with Gasteiger partial charge in [0.05, 0.1) is 19.1 Å². The number of nitrogens with zero attached hydrogens (tertiary/aromatic N) is 5. The summed E-state index contributed by atoms with van der Waals surface area (Å²) >= 11 is 0. The van der Waals surface area contributed by atoms with Crippen molar-refractivity contribution in [2.75, 3.05) is 19.7 Å². The van der Waals surface area contributed by atoms with Crippen molar-refractivity contribution in [1.82, 2.24) is 24.4 Å². The summed E-state index contributed by atoms with van der Waals surface area (Å²) in [4.78, 5) is 32.5. The van der Waals surface area contributed by atoms with Crippen LogP contribution in [0.4, 0.5) is 13.2 Å². The molecule has 28 heavy (non-hydrogen) atoms. The molecule has 1 spiro atoms. The Kier molecular flexibility index (Phi) is 3.38. The summed E-state index contributed by atoms with van der Waals surface area (Å²) in [5.41, 5.74) is -1.81. The number of carbonyl (C=O) groups is 2. The summed E-state index contributed by atoms with van der Waals surface area (Å²) in [6, 6.07) is 1.68. The Labute approximate surface area is 156 Å². The molecule has 0 unspecified atom stereocenters. The van der Waals surface area contributed by atoms with Crippen molar-refractivity contribution < 1.29 is 27.5 Å². The zero-order valence-electron chi connectivity index (χ0n) is 14.9. The van der Waals surface area contributed by atoms with Gasteiger partial charge in [-0.05, 0) is 13.0 Å². The molecule has 148 valence electrons. The molecule has 0 aliphatic carbocycles. The number of aryl methyl sites for hydroxylation is 1. The number of fused-ring (bicyclic) bond motifs is 1. The zero-order chi connectivity index (χ0) is 19.8. The van der Waals surface area contributed by atoms with Crippen LogP contribution >= 0.6 is 0 Å². The van der Waals surface area contributed by atoms with Gasteiger partial charge < -0.3 is 14.5 Å². The van der Waals surface area contributed by atoms with Crippen LogP contribution in [0.5, 0.6) is 0 Å². The quantitative estimate of drug-likeness (QED) is 0.726. The molecule has 3 aliphatic heterocycles. The minimum Gasteiger partial charge on any atom is -0.351 e. The molecule has 2 atom stereocenters. The lowest BCUT2D eigenvalue weighted by atomic mass is 10.1. The van der Waals surface area contributed by atoms with Crippen LogP contribution in [0.2, 0.25) is 0 Å². The smallest absolute Gasteiger partial charge is 0.351 e. The molecule has 0 N–H and O–H groups in total. The second kappa shape index (κ2) is 5.43. The first-order chi connectivity index (χ1) is 13.2. The summed E-state index contributed by atoms with van der Waals surface area (Å²) in [6.07, 6.45) is -4.01. The largest absolute Gasteiger partial charge is 0.433 e. The molecule has 3 saturated heterocycles. The number of likely N-dealkylation sites (tertiary alicyclic amines) is 1. The average molecular weight is 395 g/mol. The Hall–Kier alpha value is -2.69. The minimum atomic E-state index is -4.63. The van der Waals surface area contributed by atoms with E-state index in [4.69, 9.17) is 4.74 Å². The molecule has 0 saturated carbocycles. The number of ether oxygens (including phenoxy) is 1.